The molecule has 0 heterocycles. The standard InChI is InChI=1S/C13H18ClNO2/c1-16-13(17-2)8-15-12-6-9-3-4-11(14)5-10(9)7-12/h3-5,12-13,15H,6-8H2,1-2H3. The van der Waals surface area contributed by atoms with E-state index in [9.17, 15) is 0 Å². The predicted octanol–water partition coefficient (Wildman–Crippen LogP) is 2.02. The van der Waals surface area contributed by atoms with Crippen LogP contribution < -0.4 is 5.32 Å². The van der Waals surface area contributed by atoms with Gasteiger partial charge in [-0.05, 0) is 36.1 Å². The minimum atomic E-state index is -0.178. The Balaban J connectivity index is 1.88. The monoisotopic (exact) mass is 255 g/mol. The van der Waals surface area contributed by atoms with Crippen molar-refractivity contribution < 1.29 is 9.47 Å². The summed E-state index contributed by atoms with van der Waals surface area (Å²) in [5.74, 6) is 0. The molecule has 0 fully saturated rings. The number of ether oxygens (including phenoxy) is 2. The Morgan fingerprint density at radius 2 is 2.00 bits per heavy atom. The molecule has 1 aliphatic rings. The highest BCUT2D eigenvalue weighted by molar-refractivity contribution is 6.30. The van der Waals surface area contributed by atoms with Crippen LogP contribution in [0, 0.1) is 0 Å². The molecule has 94 valence electrons. The Morgan fingerprint density at radius 1 is 1.29 bits per heavy atom. The number of rotatable bonds is 5. The summed E-state index contributed by atoms with van der Waals surface area (Å²) >= 11 is 5.98. The minimum absolute atomic E-state index is 0.178. The van der Waals surface area contributed by atoms with Crippen molar-refractivity contribution >= 4 is 11.6 Å². The van der Waals surface area contributed by atoms with Gasteiger partial charge in [-0.1, -0.05) is 17.7 Å². The first-order chi connectivity index (χ1) is 8.22. The third-order valence-corrected chi connectivity index (χ3v) is 3.44. The van der Waals surface area contributed by atoms with Crippen molar-refractivity contribution in [3.05, 3.63) is 34.3 Å². The van der Waals surface area contributed by atoms with Crippen molar-refractivity contribution in [3.8, 4) is 0 Å². The molecule has 0 amide bonds. The second kappa shape index (κ2) is 5.83. The van der Waals surface area contributed by atoms with Crippen molar-refractivity contribution in [3.63, 3.8) is 0 Å². The highest BCUT2D eigenvalue weighted by Crippen LogP contribution is 2.25. The largest absolute Gasteiger partial charge is 0.355 e. The van der Waals surface area contributed by atoms with Crippen molar-refractivity contribution in [2.75, 3.05) is 20.8 Å². The van der Waals surface area contributed by atoms with Crippen LogP contribution in [0.5, 0.6) is 0 Å². The van der Waals surface area contributed by atoms with Gasteiger partial charge in [0, 0.05) is 31.8 Å². The second-order valence-electron chi connectivity index (χ2n) is 4.33. The first-order valence-electron chi connectivity index (χ1n) is 5.79. The van der Waals surface area contributed by atoms with Gasteiger partial charge < -0.3 is 14.8 Å². The van der Waals surface area contributed by atoms with Gasteiger partial charge >= 0.3 is 0 Å². The van der Waals surface area contributed by atoms with Gasteiger partial charge in [0.15, 0.2) is 6.29 Å². The van der Waals surface area contributed by atoms with Gasteiger partial charge in [-0.3, -0.25) is 0 Å². The number of benzene rings is 1. The van der Waals surface area contributed by atoms with Crippen LogP contribution in [-0.4, -0.2) is 33.1 Å². The number of hydrogen-bond acceptors (Lipinski definition) is 3. The van der Waals surface area contributed by atoms with Crippen LogP contribution in [0.2, 0.25) is 5.02 Å². The molecule has 1 aromatic rings. The Labute approximate surface area is 107 Å². The molecular formula is C13H18ClNO2. The average Bonchev–Trinajstić information content (AvgIpc) is 2.72. The summed E-state index contributed by atoms with van der Waals surface area (Å²) in [5, 5.41) is 4.27. The lowest BCUT2D eigenvalue weighted by Gasteiger charge is -2.17. The predicted molar refractivity (Wildman–Crippen MR) is 68.5 cm³/mol. The smallest absolute Gasteiger partial charge is 0.169 e. The summed E-state index contributed by atoms with van der Waals surface area (Å²) in [7, 11) is 3.30. The van der Waals surface area contributed by atoms with E-state index in [0.29, 0.717) is 12.6 Å². The number of nitrogens with one attached hydrogen (secondary N) is 1. The van der Waals surface area contributed by atoms with Crippen LogP contribution in [0.15, 0.2) is 18.2 Å². The molecule has 0 bridgehead atoms. The lowest BCUT2D eigenvalue weighted by Crippen LogP contribution is -2.37. The molecule has 0 spiro atoms. The van der Waals surface area contributed by atoms with Crippen LogP contribution >= 0.6 is 11.6 Å². The first-order valence-corrected chi connectivity index (χ1v) is 6.17. The van der Waals surface area contributed by atoms with E-state index < -0.39 is 0 Å². The molecule has 1 aliphatic carbocycles. The summed E-state index contributed by atoms with van der Waals surface area (Å²) in [6.07, 6.45) is 1.89. The highest BCUT2D eigenvalue weighted by atomic mass is 35.5. The van der Waals surface area contributed by atoms with Crippen LogP contribution in [0.25, 0.3) is 0 Å². The van der Waals surface area contributed by atoms with Gasteiger partial charge in [-0.2, -0.15) is 0 Å². The summed E-state index contributed by atoms with van der Waals surface area (Å²) < 4.78 is 10.3. The fourth-order valence-electron chi connectivity index (χ4n) is 2.26. The van der Waals surface area contributed by atoms with Gasteiger partial charge in [-0.25, -0.2) is 0 Å². The number of halogens is 1. The Bertz CT molecular complexity index is 380. The summed E-state index contributed by atoms with van der Waals surface area (Å²) in [6, 6.07) is 6.58. The molecule has 17 heavy (non-hydrogen) atoms. The van der Waals surface area contributed by atoms with Gasteiger partial charge in [0.25, 0.3) is 0 Å². The van der Waals surface area contributed by atoms with E-state index in [4.69, 9.17) is 21.1 Å². The molecule has 1 aromatic carbocycles. The van der Waals surface area contributed by atoms with E-state index in [0.717, 1.165) is 17.9 Å². The molecule has 0 aromatic heterocycles. The average molecular weight is 256 g/mol. The highest BCUT2D eigenvalue weighted by Gasteiger charge is 2.21. The van der Waals surface area contributed by atoms with Gasteiger partial charge in [-0.15, -0.1) is 0 Å². The molecule has 0 radical (unpaired) electrons. The van der Waals surface area contributed by atoms with Crippen molar-refractivity contribution in [1.82, 2.24) is 5.32 Å². The molecule has 3 nitrogen and oxygen atoms in total. The number of fused-ring (bicyclic) bond motifs is 1. The Kier molecular flexibility index (Phi) is 4.40. The van der Waals surface area contributed by atoms with E-state index >= 15 is 0 Å². The molecule has 0 aliphatic heterocycles. The summed E-state index contributed by atoms with van der Waals surface area (Å²) in [4.78, 5) is 0. The van der Waals surface area contributed by atoms with E-state index in [1.807, 2.05) is 6.07 Å². The molecule has 2 rings (SSSR count). The molecule has 1 N–H and O–H groups in total. The van der Waals surface area contributed by atoms with Crippen LogP contribution in [0.4, 0.5) is 0 Å². The third-order valence-electron chi connectivity index (χ3n) is 3.20. The SMILES string of the molecule is COC(CNC1Cc2ccc(Cl)cc2C1)OC. The van der Waals surface area contributed by atoms with Crippen molar-refractivity contribution in [2.24, 2.45) is 0 Å². The second-order valence-corrected chi connectivity index (χ2v) is 4.76. The molecule has 1 atom stereocenters. The molecular weight excluding hydrogens is 238 g/mol. The molecule has 4 heteroatoms. The van der Waals surface area contributed by atoms with E-state index in [1.54, 1.807) is 14.2 Å². The van der Waals surface area contributed by atoms with Crippen LogP contribution in [-0.2, 0) is 22.3 Å². The third kappa shape index (κ3) is 3.19. The van der Waals surface area contributed by atoms with Gasteiger partial charge in [0.2, 0.25) is 0 Å². The molecule has 0 saturated carbocycles. The lowest BCUT2D eigenvalue weighted by molar-refractivity contribution is -0.0997. The van der Waals surface area contributed by atoms with Gasteiger partial charge in [0.1, 0.15) is 0 Å². The van der Waals surface area contributed by atoms with Gasteiger partial charge in [0.05, 0.1) is 0 Å². The number of methoxy groups -OCH3 is 2. The normalized spacial score (nSPS) is 18.7. The topological polar surface area (TPSA) is 30.5 Å². The molecule has 0 saturated heterocycles. The minimum Gasteiger partial charge on any atom is -0.355 e. The zero-order valence-corrected chi connectivity index (χ0v) is 11.0. The number of hydrogen-bond donors (Lipinski definition) is 1. The van der Waals surface area contributed by atoms with E-state index in [1.165, 1.54) is 11.1 Å². The summed E-state index contributed by atoms with van der Waals surface area (Å²) in [5.41, 5.74) is 2.74. The Morgan fingerprint density at radius 3 is 2.71 bits per heavy atom. The van der Waals surface area contributed by atoms with Crippen molar-refractivity contribution in [2.45, 2.75) is 25.2 Å². The summed E-state index contributed by atoms with van der Waals surface area (Å²) in [6.45, 7) is 0.708. The maximum atomic E-state index is 5.98. The van der Waals surface area contributed by atoms with Crippen molar-refractivity contribution in [1.29, 1.82) is 0 Å². The first kappa shape index (κ1) is 12.8. The maximum absolute atomic E-state index is 5.98. The Hall–Kier alpha value is -0.610. The zero-order chi connectivity index (χ0) is 12.3. The van der Waals surface area contributed by atoms with Crippen LogP contribution in [0.1, 0.15) is 11.1 Å². The fraction of sp³-hybridized carbons (Fsp3) is 0.538. The van der Waals surface area contributed by atoms with E-state index in [-0.39, 0.29) is 6.29 Å². The van der Waals surface area contributed by atoms with Crippen LogP contribution in [0.3, 0.4) is 0 Å². The zero-order valence-electron chi connectivity index (χ0n) is 10.2. The quantitative estimate of drug-likeness (QED) is 0.817. The molecule has 1 unspecified atom stereocenters. The maximum Gasteiger partial charge on any atom is 0.169 e. The van der Waals surface area contributed by atoms with E-state index in [2.05, 4.69) is 17.4 Å². The fourth-order valence-corrected chi connectivity index (χ4v) is 2.45. The lowest BCUT2D eigenvalue weighted by atomic mass is 10.1.